The Labute approximate surface area is 125 Å². The Morgan fingerprint density at radius 3 is 2.43 bits per heavy atom. The molecule has 1 amide bonds. The Hall–Kier alpha value is -1.47. The van der Waals surface area contributed by atoms with Crippen molar-refractivity contribution in [3.63, 3.8) is 0 Å². The minimum atomic E-state index is -3.37. The number of amides is 1. The largest absolute Gasteiger partial charge is 0.351 e. The molecule has 0 aliphatic carbocycles. The third kappa shape index (κ3) is 7.19. The average Bonchev–Trinajstić information content (AvgIpc) is 2.44. The van der Waals surface area contributed by atoms with Crippen molar-refractivity contribution in [3.05, 3.63) is 35.6 Å². The van der Waals surface area contributed by atoms with E-state index in [1.165, 1.54) is 24.3 Å². The lowest BCUT2D eigenvalue weighted by molar-refractivity contribution is 0.0956. The summed E-state index contributed by atoms with van der Waals surface area (Å²) in [4.78, 5) is 11.7. The van der Waals surface area contributed by atoms with E-state index >= 15 is 0 Å². The topological polar surface area (TPSA) is 75.3 Å². The van der Waals surface area contributed by atoms with Gasteiger partial charge in [-0.15, -0.1) is 0 Å². The molecule has 0 bridgehead atoms. The van der Waals surface area contributed by atoms with Crippen LogP contribution in [0.1, 0.15) is 36.5 Å². The first-order valence-electron chi connectivity index (χ1n) is 6.95. The van der Waals surface area contributed by atoms with Gasteiger partial charge in [-0.2, -0.15) is 0 Å². The van der Waals surface area contributed by atoms with Crippen molar-refractivity contribution in [2.24, 2.45) is 0 Å². The van der Waals surface area contributed by atoms with Gasteiger partial charge in [-0.1, -0.05) is 19.8 Å². The highest BCUT2D eigenvalue weighted by Crippen LogP contribution is 2.02. The van der Waals surface area contributed by atoms with Gasteiger partial charge in [-0.3, -0.25) is 4.79 Å². The molecule has 0 fully saturated rings. The molecule has 0 aromatic heterocycles. The number of unbranched alkanes of at least 4 members (excludes halogenated alkanes) is 2. The first kappa shape index (κ1) is 17.6. The Balaban J connectivity index is 2.31. The Kier molecular flexibility index (Phi) is 7.31. The van der Waals surface area contributed by atoms with Crippen LogP contribution in [-0.2, 0) is 10.0 Å². The van der Waals surface area contributed by atoms with Crippen LogP contribution in [0.2, 0.25) is 0 Å². The third-order valence-electron chi connectivity index (χ3n) is 2.87. The van der Waals surface area contributed by atoms with E-state index in [4.69, 9.17) is 0 Å². The van der Waals surface area contributed by atoms with Gasteiger partial charge >= 0.3 is 0 Å². The van der Waals surface area contributed by atoms with E-state index in [0.29, 0.717) is 12.1 Å². The molecule has 7 heteroatoms. The van der Waals surface area contributed by atoms with Crippen molar-refractivity contribution in [1.82, 2.24) is 10.0 Å². The van der Waals surface area contributed by atoms with E-state index in [-0.39, 0.29) is 12.3 Å². The molecule has 0 saturated carbocycles. The van der Waals surface area contributed by atoms with E-state index < -0.39 is 21.7 Å². The summed E-state index contributed by atoms with van der Waals surface area (Å²) >= 11 is 0. The molecule has 0 aliphatic rings. The lowest BCUT2D eigenvalue weighted by atomic mass is 10.2. The van der Waals surface area contributed by atoms with Crippen LogP contribution in [-0.4, -0.2) is 33.2 Å². The maximum absolute atomic E-state index is 12.7. The summed E-state index contributed by atoms with van der Waals surface area (Å²) in [5, 5.41) is 2.50. The number of benzene rings is 1. The lowest BCUT2D eigenvalue weighted by Crippen LogP contribution is -2.34. The number of carbonyl (C=O) groups excluding carboxylic acids is 1. The number of halogens is 1. The van der Waals surface area contributed by atoms with Crippen molar-refractivity contribution in [1.29, 1.82) is 0 Å². The van der Waals surface area contributed by atoms with Gasteiger partial charge in [-0.25, -0.2) is 17.5 Å². The zero-order chi connectivity index (χ0) is 15.7. The van der Waals surface area contributed by atoms with Gasteiger partial charge < -0.3 is 5.32 Å². The Morgan fingerprint density at radius 1 is 1.14 bits per heavy atom. The zero-order valence-corrected chi connectivity index (χ0v) is 12.9. The molecule has 0 atom stereocenters. The predicted octanol–water partition coefficient (Wildman–Crippen LogP) is 1.67. The van der Waals surface area contributed by atoms with Crippen LogP contribution in [0.4, 0.5) is 4.39 Å². The molecular weight excluding hydrogens is 295 g/mol. The van der Waals surface area contributed by atoms with Gasteiger partial charge in [0.1, 0.15) is 5.82 Å². The second kappa shape index (κ2) is 8.74. The summed E-state index contributed by atoms with van der Waals surface area (Å²) < 4.78 is 38.5. The van der Waals surface area contributed by atoms with Gasteiger partial charge in [0.15, 0.2) is 0 Å². The molecule has 21 heavy (non-hydrogen) atoms. The number of sulfonamides is 1. The number of hydrogen-bond acceptors (Lipinski definition) is 3. The van der Waals surface area contributed by atoms with Crippen LogP contribution < -0.4 is 10.0 Å². The molecule has 0 aliphatic heterocycles. The molecule has 118 valence electrons. The Morgan fingerprint density at radius 2 is 1.81 bits per heavy atom. The quantitative estimate of drug-likeness (QED) is 0.680. The summed E-state index contributed by atoms with van der Waals surface area (Å²) in [6, 6.07) is 5.06. The van der Waals surface area contributed by atoms with Crippen molar-refractivity contribution >= 4 is 15.9 Å². The average molecular weight is 316 g/mol. The van der Waals surface area contributed by atoms with Gasteiger partial charge in [-0.05, 0) is 30.7 Å². The van der Waals surface area contributed by atoms with Crippen LogP contribution in [0.5, 0.6) is 0 Å². The van der Waals surface area contributed by atoms with Crippen LogP contribution in [0.25, 0.3) is 0 Å². The summed E-state index contributed by atoms with van der Waals surface area (Å²) in [7, 11) is -3.37. The highest BCUT2D eigenvalue weighted by molar-refractivity contribution is 7.89. The SMILES string of the molecule is CCCCCNS(=O)(=O)CCNC(=O)c1ccc(F)cc1. The lowest BCUT2D eigenvalue weighted by Gasteiger charge is -2.08. The molecule has 0 saturated heterocycles. The standard InChI is InChI=1S/C14H21FN2O3S/c1-2-3-4-9-17-21(19,20)11-10-16-14(18)12-5-7-13(15)8-6-12/h5-8,17H,2-4,9-11H2,1H3,(H,16,18). The highest BCUT2D eigenvalue weighted by atomic mass is 32.2. The number of rotatable bonds is 9. The summed E-state index contributed by atoms with van der Waals surface area (Å²) in [6.45, 7) is 2.47. The first-order chi connectivity index (χ1) is 9.94. The summed E-state index contributed by atoms with van der Waals surface area (Å²) in [6.07, 6.45) is 2.80. The van der Waals surface area contributed by atoms with Gasteiger partial charge in [0, 0.05) is 18.7 Å². The molecule has 1 aromatic rings. The molecular formula is C14H21FN2O3S. The number of nitrogens with one attached hydrogen (secondary N) is 2. The molecule has 0 unspecified atom stereocenters. The van der Waals surface area contributed by atoms with E-state index in [1.54, 1.807) is 0 Å². The first-order valence-corrected chi connectivity index (χ1v) is 8.61. The van der Waals surface area contributed by atoms with Crippen LogP contribution in [0.3, 0.4) is 0 Å². The van der Waals surface area contributed by atoms with E-state index in [2.05, 4.69) is 10.0 Å². The van der Waals surface area contributed by atoms with Crippen molar-refractivity contribution in [3.8, 4) is 0 Å². The number of carbonyl (C=O) groups is 1. The molecule has 5 nitrogen and oxygen atoms in total. The molecule has 0 radical (unpaired) electrons. The zero-order valence-electron chi connectivity index (χ0n) is 12.1. The molecule has 2 N–H and O–H groups in total. The molecule has 0 heterocycles. The third-order valence-corrected chi connectivity index (χ3v) is 4.25. The van der Waals surface area contributed by atoms with Crippen molar-refractivity contribution in [2.45, 2.75) is 26.2 Å². The highest BCUT2D eigenvalue weighted by Gasteiger charge is 2.11. The van der Waals surface area contributed by atoms with Crippen molar-refractivity contribution in [2.75, 3.05) is 18.8 Å². The smallest absolute Gasteiger partial charge is 0.251 e. The van der Waals surface area contributed by atoms with Crippen LogP contribution in [0, 0.1) is 5.82 Å². The van der Waals surface area contributed by atoms with E-state index in [9.17, 15) is 17.6 Å². The van der Waals surface area contributed by atoms with E-state index in [0.717, 1.165) is 19.3 Å². The summed E-state index contributed by atoms with van der Waals surface area (Å²) in [5.74, 6) is -1.02. The van der Waals surface area contributed by atoms with Crippen LogP contribution in [0.15, 0.2) is 24.3 Å². The van der Waals surface area contributed by atoms with Crippen LogP contribution >= 0.6 is 0 Å². The second-order valence-electron chi connectivity index (χ2n) is 4.68. The van der Waals surface area contributed by atoms with Crippen molar-refractivity contribution < 1.29 is 17.6 Å². The predicted molar refractivity (Wildman–Crippen MR) is 80.0 cm³/mol. The summed E-state index contributed by atoms with van der Waals surface area (Å²) in [5.41, 5.74) is 0.296. The van der Waals surface area contributed by atoms with Gasteiger partial charge in [0.25, 0.3) is 5.91 Å². The minimum absolute atomic E-state index is 0.0132. The maximum Gasteiger partial charge on any atom is 0.251 e. The fraction of sp³-hybridized carbons (Fsp3) is 0.500. The number of hydrogen-bond donors (Lipinski definition) is 2. The molecule has 1 rings (SSSR count). The van der Waals surface area contributed by atoms with Gasteiger partial charge in [0.05, 0.1) is 5.75 Å². The fourth-order valence-corrected chi connectivity index (χ4v) is 2.65. The Bertz CT molecular complexity index is 544. The second-order valence-corrected chi connectivity index (χ2v) is 6.61. The molecule has 1 aromatic carbocycles. The fourth-order valence-electron chi connectivity index (χ4n) is 1.68. The maximum atomic E-state index is 12.7. The van der Waals surface area contributed by atoms with Gasteiger partial charge in [0.2, 0.25) is 10.0 Å². The molecule has 0 spiro atoms. The monoisotopic (exact) mass is 316 g/mol. The normalized spacial score (nSPS) is 11.3. The minimum Gasteiger partial charge on any atom is -0.351 e. The van der Waals surface area contributed by atoms with E-state index in [1.807, 2.05) is 6.92 Å².